The number of methoxy groups -OCH3 is 1. The van der Waals surface area contributed by atoms with Crippen LogP contribution in [0.4, 0.5) is 0 Å². The first kappa shape index (κ1) is 19.9. The zero-order valence-electron chi connectivity index (χ0n) is 16.1. The molecular formula is C23H20N4O2. The number of aromatic nitrogens is 1. The molecule has 0 radical (unpaired) electrons. The molecule has 0 aliphatic heterocycles. The van der Waals surface area contributed by atoms with Crippen molar-refractivity contribution >= 4 is 22.9 Å². The van der Waals surface area contributed by atoms with Crippen LogP contribution in [0.1, 0.15) is 16.7 Å². The van der Waals surface area contributed by atoms with Gasteiger partial charge in [0, 0.05) is 42.9 Å². The molecule has 0 saturated carbocycles. The van der Waals surface area contributed by atoms with Crippen molar-refractivity contribution in [2.24, 2.45) is 0 Å². The third kappa shape index (κ3) is 4.52. The second kappa shape index (κ2) is 9.36. The number of nitrogens with one attached hydrogen (secondary N) is 1. The normalized spacial score (nSPS) is 11.1. The summed E-state index contributed by atoms with van der Waals surface area (Å²) < 4.78 is 6.94. The fourth-order valence-electron chi connectivity index (χ4n) is 3.14. The van der Waals surface area contributed by atoms with Gasteiger partial charge in [0.2, 0.25) is 0 Å². The van der Waals surface area contributed by atoms with Crippen LogP contribution in [-0.2, 0) is 16.1 Å². The van der Waals surface area contributed by atoms with Gasteiger partial charge in [-0.05, 0) is 23.8 Å². The Kier molecular flexibility index (Phi) is 6.42. The number of carbonyl (C=O) groups excluding carboxylic acids is 1. The summed E-state index contributed by atoms with van der Waals surface area (Å²) in [7, 11) is 1.55. The molecule has 3 aromatic rings. The molecule has 1 heterocycles. The van der Waals surface area contributed by atoms with Crippen molar-refractivity contribution < 1.29 is 9.53 Å². The maximum absolute atomic E-state index is 12.3. The van der Waals surface area contributed by atoms with E-state index in [9.17, 15) is 15.3 Å². The summed E-state index contributed by atoms with van der Waals surface area (Å²) in [5.41, 5.74) is 3.29. The van der Waals surface area contributed by atoms with E-state index in [0.29, 0.717) is 25.3 Å². The molecule has 3 rings (SSSR count). The Bertz CT molecular complexity index is 1150. The fraction of sp³-hybridized carbons (Fsp3) is 0.174. The quantitative estimate of drug-likeness (QED) is 0.385. The van der Waals surface area contributed by atoms with Crippen LogP contribution in [0.5, 0.6) is 0 Å². The highest BCUT2D eigenvalue weighted by Gasteiger charge is 2.13. The lowest BCUT2D eigenvalue weighted by Gasteiger charge is -2.07. The number of hydrogen-bond donors (Lipinski definition) is 1. The van der Waals surface area contributed by atoms with Crippen LogP contribution in [-0.4, -0.2) is 30.7 Å². The lowest BCUT2D eigenvalue weighted by atomic mass is 10.1. The molecule has 0 bridgehead atoms. The lowest BCUT2D eigenvalue weighted by molar-refractivity contribution is -0.117. The molecule has 0 saturated heterocycles. The third-order valence-electron chi connectivity index (χ3n) is 4.55. The zero-order chi connectivity index (χ0) is 20.6. The molecule has 1 N–H and O–H groups in total. The Balaban J connectivity index is 1.99. The number of nitrogens with zero attached hydrogens (tertiary/aromatic N) is 3. The van der Waals surface area contributed by atoms with Gasteiger partial charge in [0.1, 0.15) is 11.6 Å². The number of para-hydroxylation sites is 1. The molecule has 1 aromatic heterocycles. The van der Waals surface area contributed by atoms with Crippen LogP contribution in [0.25, 0.3) is 17.0 Å². The predicted molar refractivity (Wildman–Crippen MR) is 111 cm³/mol. The molecule has 0 aliphatic carbocycles. The van der Waals surface area contributed by atoms with E-state index in [1.54, 1.807) is 19.3 Å². The summed E-state index contributed by atoms with van der Waals surface area (Å²) in [5, 5.41) is 22.4. The van der Waals surface area contributed by atoms with Crippen molar-refractivity contribution in [1.29, 1.82) is 10.5 Å². The minimum atomic E-state index is -0.434. The Hall–Kier alpha value is -3.87. The van der Waals surface area contributed by atoms with E-state index >= 15 is 0 Å². The van der Waals surface area contributed by atoms with Gasteiger partial charge in [-0.15, -0.1) is 0 Å². The van der Waals surface area contributed by atoms with Gasteiger partial charge >= 0.3 is 0 Å². The molecule has 1 amide bonds. The molecule has 0 aliphatic rings. The van der Waals surface area contributed by atoms with E-state index in [1.165, 1.54) is 0 Å². The molecule has 144 valence electrons. The van der Waals surface area contributed by atoms with E-state index in [-0.39, 0.29) is 5.57 Å². The molecule has 6 nitrogen and oxygen atoms in total. The monoisotopic (exact) mass is 384 g/mol. The average molecular weight is 384 g/mol. The number of nitriles is 2. The van der Waals surface area contributed by atoms with Crippen LogP contribution in [0.15, 0.2) is 60.3 Å². The van der Waals surface area contributed by atoms with Crippen molar-refractivity contribution in [2.75, 3.05) is 20.3 Å². The van der Waals surface area contributed by atoms with Crippen LogP contribution in [0, 0.1) is 22.7 Å². The Labute approximate surface area is 169 Å². The topological polar surface area (TPSA) is 90.8 Å². The van der Waals surface area contributed by atoms with Gasteiger partial charge in [-0.3, -0.25) is 4.79 Å². The largest absolute Gasteiger partial charge is 0.383 e. The zero-order valence-corrected chi connectivity index (χ0v) is 16.1. The molecule has 2 aromatic carbocycles. The van der Waals surface area contributed by atoms with Crippen LogP contribution in [0.3, 0.4) is 0 Å². The number of ether oxygens (including phenoxy) is 1. The van der Waals surface area contributed by atoms with Gasteiger partial charge in [-0.2, -0.15) is 10.5 Å². The molecule has 6 heteroatoms. The molecular weight excluding hydrogens is 364 g/mol. The number of rotatable bonds is 7. The standard InChI is InChI=1S/C23H20N4O2/c1-29-11-10-26-23(28)19(14-25)12-20-16-27(22-9-5-4-8-21(20)22)15-18-7-3-2-6-17(18)13-24/h2-9,12,16H,10-11,15H2,1H3,(H,26,28). The molecule has 0 fully saturated rings. The highest BCUT2D eigenvalue weighted by Crippen LogP contribution is 2.25. The van der Waals surface area contributed by atoms with Gasteiger partial charge in [0.25, 0.3) is 5.91 Å². The number of carbonyl (C=O) groups is 1. The fourth-order valence-corrected chi connectivity index (χ4v) is 3.14. The molecule has 0 atom stereocenters. The van der Waals surface area contributed by atoms with Crippen molar-refractivity contribution in [2.45, 2.75) is 6.54 Å². The van der Waals surface area contributed by atoms with Gasteiger partial charge in [-0.1, -0.05) is 36.4 Å². The average Bonchev–Trinajstić information content (AvgIpc) is 3.10. The summed E-state index contributed by atoms with van der Waals surface area (Å²) in [6.45, 7) is 1.23. The van der Waals surface area contributed by atoms with E-state index < -0.39 is 5.91 Å². The molecule has 29 heavy (non-hydrogen) atoms. The van der Waals surface area contributed by atoms with Crippen molar-refractivity contribution in [1.82, 2.24) is 9.88 Å². The first-order valence-corrected chi connectivity index (χ1v) is 9.12. The number of hydrogen-bond acceptors (Lipinski definition) is 4. The Morgan fingerprint density at radius 3 is 2.69 bits per heavy atom. The van der Waals surface area contributed by atoms with Crippen molar-refractivity contribution in [3.8, 4) is 12.1 Å². The van der Waals surface area contributed by atoms with Gasteiger partial charge in [0.05, 0.1) is 18.2 Å². The predicted octanol–water partition coefficient (Wildman–Crippen LogP) is 3.23. The van der Waals surface area contributed by atoms with Crippen LogP contribution >= 0.6 is 0 Å². The summed E-state index contributed by atoms with van der Waals surface area (Å²) in [4.78, 5) is 12.3. The van der Waals surface area contributed by atoms with Crippen LogP contribution in [0.2, 0.25) is 0 Å². The van der Waals surface area contributed by atoms with E-state index in [4.69, 9.17) is 4.74 Å². The summed E-state index contributed by atoms with van der Waals surface area (Å²) in [6, 6.07) is 19.4. The lowest BCUT2D eigenvalue weighted by Crippen LogP contribution is -2.27. The number of fused-ring (bicyclic) bond motifs is 1. The first-order valence-electron chi connectivity index (χ1n) is 9.12. The highest BCUT2D eigenvalue weighted by molar-refractivity contribution is 6.04. The highest BCUT2D eigenvalue weighted by atomic mass is 16.5. The summed E-state index contributed by atoms with van der Waals surface area (Å²) >= 11 is 0. The third-order valence-corrected chi connectivity index (χ3v) is 4.55. The SMILES string of the molecule is COCCNC(=O)C(C#N)=Cc1cn(Cc2ccccc2C#N)c2ccccc12. The second-order valence-corrected chi connectivity index (χ2v) is 6.42. The minimum absolute atomic E-state index is 0.0291. The van der Waals surface area contributed by atoms with E-state index in [0.717, 1.165) is 22.0 Å². The van der Waals surface area contributed by atoms with E-state index in [2.05, 4.69) is 11.4 Å². The van der Waals surface area contributed by atoms with Gasteiger partial charge < -0.3 is 14.6 Å². The second-order valence-electron chi connectivity index (χ2n) is 6.42. The maximum atomic E-state index is 12.3. The molecule has 0 spiro atoms. The first-order chi connectivity index (χ1) is 14.2. The number of amides is 1. The number of benzene rings is 2. The van der Waals surface area contributed by atoms with Crippen molar-refractivity contribution in [3.05, 3.63) is 77.0 Å². The minimum Gasteiger partial charge on any atom is -0.383 e. The smallest absolute Gasteiger partial charge is 0.262 e. The van der Waals surface area contributed by atoms with Gasteiger partial charge in [-0.25, -0.2) is 0 Å². The summed E-state index contributed by atoms with van der Waals surface area (Å²) in [5.74, 6) is -0.434. The Morgan fingerprint density at radius 1 is 1.17 bits per heavy atom. The van der Waals surface area contributed by atoms with Crippen molar-refractivity contribution in [3.63, 3.8) is 0 Å². The Morgan fingerprint density at radius 2 is 1.93 bits per heavy atom. The molecule has 0 unspecified atom stereocenters. The van der Waals surface area contributed by atoms with Gasteiger partial charge in [0.15, 0.2) is 0 Å². The van der Waals surface area contributed by atoms with Crippen LogP contribution < -0.4 is 5.32 Å². The maximum Gasteiger partial charge on any atom is 0.262 e. The van der Waals surface area contributed by atoms with E-state index in [1.807, 2.05) is 59.3 Å². The summed E-state index contributed by atoms with van der Waals surface area (Å²) in [6.07, 6.45) is 3.50.